The number of nitrogens with zero attached hydrogens (tertiary/aromatic N) is 2. The molecule has 0 aliphatic rings. The van der Waals surface area contributed by atoms with Crippen LogP contribution in [0.25, 0.3) is 0 Å². The van der Waals surface area contributed by atoms with Gasteiger partial charge < -0.3 is 14.6 Å². The highest BCUT2D eigenvalue weighted by Crippen LogP contribution is 2.34. The molecule has 2 rings (SSSR count). The van der Waals surface area contributed by atoms with Crippen LogP contribution in [0.4, 0.5) is 0 Å². The maximum atomic E-state index is 6.17. The van der Waals surface area contributed by atoms with Gasteiger partial charge in [0.15, 0.2) is 5.75 Å². The molecule has 0 aliphatic carbocycles. The molecule has 22 heavy (non-hydrogen) atoms. The second kappa shape index (κ2) is 9.95. The second-order valence-electron chi connectivity index (χ2n) is 4.65. The van der Waals surface area contributed by atoms with Gasteiger partial charge in [-0.25, -0.2) is 4.98 Å². The summed E-state index contributed by atoms with van der Waals surface area (Å²) in [7, 11) is 0. The number of ether oxygens (including phenoxy) is 1. The van der Waals surface area contributed by atoms with Crippen LogP contribution in [-0.4, -0.2) is 22.7 Å². The predicted molar refractivity (Wildman–Crippen MR) is 93.4 cm³/mol. The maximum absolute atomic E-state index is 6.17. The maximum Gasteiger partial charge on any atom is 0.156 e. The zero-order valence-corrected chi connectivity index (χ0v) is 14.7. The third-order valence-corrected chi connectivity index (χ3v) is 3.57. The molecule has 0 aliphatic heterocycles. The van der Waals surface area contributed by atoms with Crippen LogP contribution in [0.5, 0.6) is 5.75 Å². The Hall–Kier alpha value is -0.940. The summed E-state index contributed by atoms with van der Waals surface area (Å²) in [6, 6.07) is 3.78. The number of rotatable bonds is 8. The van der Waals surface area contributed by atoms with Crippen molar-refractivity contribution < 1.29 is 4.74 Å². The minimum absolute atomic E-state index is 0. The van der Waals surface area contributed by atoms with E-state index < -0.39 is 0 Å². The number of nitrogens with one attached hydrogen (secondary N) is 1. The highest BCUT2D eigenvalue weighted by Gasteiger charge is 2.09. The standard InChI is InChI=1S/C15H19Cl2N3O.ClH/c1-2-21-15-13(16)8-12(9-14(15)17)10-18-4-3-6-20-7-5-19-11-20;/h5,7-9,11,18H,2-4,6,10H2,1H3;1H. The molecule has 1 aromatic carbocycles. The van der Waals surface area contributed by atoms with Crippen LogP contribution in [0.3, 0.4) is 0 Å². The van der Waals surface area contributed by atoms with Crippen molar-refractivity contribution in [3.8, 4) is 5.75 Å². The Morgan fingerprint density at radius 2 is 2.00 bits per heavy atom. The molecule has 7 heteroatoms. The summed E-state index contributed by atoms with van der Waals surface area (Å²) in [6.45, 7) is 5.06. The van der Waals surface area contributed by atoms with Gasteiger partial charge in [0.05, 0.1) is 23.0 Å². The van der Waals surface area contributed by atoms with Crippen molar-refractivity contribution in [2.24, 2.45) is 0 Å². The van der Waals surface area contributed by atoms with Crippen molar-refractivity contribution in [3.63, 3.8) is 0 Å². The molecule has 0 radical (unpaired) electrons. The fraction of sp³-hybridized carbons (Fsp3) is 0.400. The van der Waals surface area contributed by atoms with Crippen LogP contribution in [0, 0.1) is 0 Å². The Kier molecular flexibility index (Phi) is 8.64. The number of aromatic nitrogens is 2. The Labute approximate surface area is 147 Å². The van der Waals surface area contributed by atoms with E-state index in [1.165, 1.54) is 0 Å². The van der Waals surface area contributed by atoms with Crippen molar-refractivity contribution in [1.82, 2.24) is 14.9 Å². The summed E-state index contributed by atoms with van der Waals surface area (Å²) in [5, 5.41) is 4.49. The van der Waals surface area contributed by atoms with Gasteiger partial charge in [-0.15, -0.1) is 12.4 Å². The highest BCUT2D eigenvalue weighted by atomic mass is 35.5. The molecule has 0 amide bonds. The van der Waals surface area contributed by atoms with Gasteiger partial charge in [-0.05, 0) is 37.6 Å². The largest absolute Gasteiger partial charge is 0.491 e. The SMILES string of the molecule is CCOc1c(Cl)cc(CNCCCn2ccnc2)cc1Cl.Cl. The molecular formula is C15H20Cl3N3O. The van der Waals surface area contributed by atoms with Gasteiger partial charge in [0.2, 0.25) is 0 Å². The lowest BCUT2D eigenvalue weighted by atomic mass is 10.2. The molecule has 0 bridgehead atoms. The summed E-state index contributed by atoms with van der Waals surface area (Å²) in [5.41, 5.74) is 1.05. The minimum atomic E-state index is 0. The van der Waals surface area contributed by atoms with Gasteiger partial charge >= 0.3 is 0 Å². The molecule has 0 spiro atoms. The van der Waals surface area contributed by atoms with Gasteiger partial charge in [0.25, 0.3) is 0 Å². The van der Waals surface area contributed by atoms with Crippen molar-refractivity contribution >= 4 is 35.6 Å². The fourth-order valence-corrected chi connectivity index (χ4v) is 2.68. The van der Waals surface area contributed by atoms with E-state index >= 15 is 0 Å². The first-order valence-corrected chi connectivity index (χ1v) is 7.73. The molecule has 122 valence electrons. The van der Waals surface area contributed by atoms with Gasteiger partial charge in [-0.3, -0.25) is 0 Å². The molecule has 2 aromatic rings. The molecule has 0 unspecified atom stereocenters. The Bertz CT molecular complexity index is 538. The zero-order valence-electron chi connectivity index (χ0n) is 12.4. The summed E-state index contributed by atoms with van der Waals surface area (Å²) >= 11 is 12.3. The van der Waals surface area contributed by atoms with Crippen LogP contribution in [-0.2, 0) is 13.1 Å². The molecule has 0 atom stereocenters. The molecule has 1 aromatic heterocycles. The van der Waals surface area contributed by atoms with E-state index in [2.05, 4.69) is 14.9 Å². The van der Waals surface area contributed by atoms with Crippen molar-refractivity contribution in [2.45, 2.75) is 26.4 Å². The molecular weight excluding hydrogens is 345 g/mol. The van der Waals surface area contributed by atoms with Crippen molar-refractivity contribution in [1.29, 1.82) is 0 Å². The van der Waals surface area contributed by atoms with Gasteiger partial charge in [0.1, 0.15) is 0 Å². The van der Waals surface area contributed by atoms with Crippen LogP contribution < -0.4 is 10.1 Å². The lowest BCUT2D eigenvalue weighted by Crippen LogP contribution is -2.16. The summed E-state index contributed by atoms with van der Waals surface area (Å²) in [5.74, 6) is 0.560. The average molecular weight is 365 g/mol. The summed E-state index contributed by atoms with van der Waals surface area (Å²) in [6.07, 6.45) is 6.62. The predicted octanol–water partition coefficient (Wildman–Crippen LogP) is 4.19. The number of imidazole rings is 1. The quantitative estimate of drug-likeness (QED) is 0.714. The van der Waals surface area contributed by atoms with E-state index in [0.29, 0.717) is 22.4 Å². The Morgan fingerprint density at radius 1 is 1.27 bits per heavy atom. The second-order valence-corrected chi connectivity index (χ2v) is 5.47. The van der Waals surface area contributed by atoms with Crippen LogP contribution in [0.2, 0.25) is 10.0 Å². The number of benzene rings is 1. The van der Waals surface area contributed by atoms with E-state index in [0.717, 1.165) is 31.6 Å². The third-order valence-electron chi connectivity index (χ3n) is 3.00. The van der Waals surface area contributed by atoms with Gasteiger partial charge in [-0.2, -0.15) is 0 Å². The molecule has 4 nitrogen and oxygen atoms in total. The monoisotopic (exact) mass is 363 g/mol. The van der Waals surface area contributed by atoms with Crippen molar-refractivity contribution in [3.05, 3.63) is 46.5 Å². The van der Waals surface area contributed by atoms with Gasteiger partial charge in [-0.1, -0.05) is 23.2 Å². The van der Waals surface area contributed by atoms with E-state index in [-0.39, 0.29) is 12.4 Å². The zero-order chi connectivity index (χ0) is 15.1. The molecule has 1 heterocycles. The van der Waals surface area contributed by atoms with Crippen LogP contribution in [0.15, 0.2) is 30.9 Å². The third kappa shape index (κ3) is 5.69. The molecule has 0 fully saturated rings. The fourth-order valence-electron chi connectivity index (χ4n) is 2.04. The molecule has 0 saturated carbocycles. The Morgan fingerprint density at radius 3 is 2.59 bits per heavy atom. The lowest BCUT2D eigenvalue weighted by Gasteiger charge is -2.11. The summed E-state index contributed by atoms with van der Waals surface area (Å²) < 4.78 is 7.48. The number of halogens is 3. The number of hydrogen-bond donors (Lipinski definition) is 1. The van der Waals surface area contributed by atoms with Gasteiger partial charge in [0, 0.05) is 25.5 Å². The first-order chi connectivity index (χ1) is 10.2. The van der Waals surface area contributed by atoms with E-state index in [9.17, 15) is 0 Å². The smallest absolute Gasteiger partial charge is 0.156 e. The Balaban J connectivity index is 0.00000242. The molecule has 1 N–H and O–H groups in total. The van der Waals surface area contributed by atoms with Crippen molar-refractivity contribution in [2.75, 3.05) is 13.2 Å². The first-order valence-electron chi connectivity index (χ1n) is 6.98. The van der Waals surface area contributed by atoms with Crippen LogP contribution >= 0.6 is 35.6 Å². The topological polar surface area (TPSA) is 39.1 Å². The minimum Gasteiger partial charge on any atom is -0.491 e. The number of aryl methyl sites for hydroxylation is 1. The highest BCUT2D eigenvalue weighted by molar-refractivity contribution is 6.37. The van der Waals surface area contributed by atoms with E-state index in [1.807, 2.05) is 31.6 Å². The first kappa shape index (κ1) is 19.1. The van der Waals surface area contributed by atoms with Crippen LogP contribution in [0.1, 0.15) is 18.9 Å². The average Bonchev–Trinajstić information content (AvgIpc) is 2.96. The summed E-state index contributed by atoms with van der Waals surface area (Å²) in [4.78, 5) is 4.01. The van der Waals surface area contributed by atoms with E-state index in [4.69, 9.17) is 27.9 Å². The molecule has 0 saturated heterocycles. The number of hydrogen-bond acceptors (Lipinski definition) is 3. The normalized spacial score (nSPS) is 10.3. The lowest BCUT2D eigenvalue weighted by molar-refractivity contribution is 0.340. The van der Waals surface area contributed by atoms with E-state index in [1.54, 1.807) is 6.20 Å².